The number of carbonyl (C=O) groups excluding carboxylic acids is 1. The lowest BCUT2D eigenvalue weighted by Gasteiger charge is -2.06. The number of aliphatic hydroxyl groups is 1. The van der Waals surface area contributed by atoms with Gasteiger partial charge in [0.1, 0.15) is 11.5 Å². The maximum absolute atomic E-state index is 11.7. The third-order valence-electron chi connectivity index (χ3n) is 1.59. The molecule has 1 amide bonds. The van der Waals surface area contributed by atoms with Crippen LogP contribution < -0.4 is 5.32 Å². The zero-order valence-corrected chi connectivity index (χ0v) is 9.52. The minimum atomic E-state index is -0.193. The van der Waals surface area contributed by atoms with Crippen molar-refractivity contribution in [3.05, 3.63) is 21.9 Å². The van der Waals surface area contributed by atoms with E-state index in [4.69, 9.17) is 5.11 Å². The van der Waals surface area contributed by atoms with Crippen molar-refractivity contribution in [2.45, 2.75) is 19.9 Å². The summed E-state index contributed by atoms with van der Waals surface area (Å²) in [4.78, 5) is 12.3. The predicted octanol–water partition coefficient (Wildman–Crippen LogP) is 1.23. The zero-order chi connectivity index (χ0) is 11.3. The Morgan fingerprint density at radius 1 is 1.67 bits per heavy atom. The van der Waals surface area contributed by atoms with Gasteiger partial charge in [0, 0.05) is 11.6 Å². The van der Waals surface area contributed by atoms with Crippen LogP contribution >= 0.6 is 11.3 Å². The molecule has 1 heterocycles. The summed E-state index contributed by atoms with van der Waals surface area (Å²) < 4.78 is 0. The van der Waals surface area contributed by atoms with Crippen molar-refractivity contribution in [1.82, 2.24) is 5.32 Å². The lowest BCUT2D eigenvalue weighted by molar-refractivity contribution is 0.0947. The van der Waals surface area contributed by atoms with Crippen LogP contribution in [-0.2, 0) is 0 Å². The molecule has 0 spiro atoms. The molecule has 4 heteroatoms. The number of nitrogens with one attached hydrogen (secondary N) is 1. The summed E-state index contributed by atoms with van der Waals surface area (Å²) in [5.74, 6) is 5.17. The normalized spacial score (nSPS) is 9.60. The summed E-state index contributed by atoms with van der Waals surface area (Å²) in [6.45, 7) is 3.62. The molecule has 0 aliphatic rings. The van der Waals surface area contributed by atoms with Gasteiger partial charge in [0.25, 0.3) is 5.91 Å². The van der Waals surface area contributed by atoms with Crippen LogP contribution in [0.2, 0.25) is 0 Å². The molecule has 3 nitrogen and oxygen atoms in total. The van der Waals surface area contributed by atoms with Gasteiger partial charge >= 0.3 is 0 Å². The minimum absolute atomic E-state index is 0.109. The lowest BCUT2D eigenvalue weighted by atomic mass is 10.2. The Bertz CT molecular complexity index is 398. The van der Waals surface area contributed by atoms with E-state index < -0.39 is 0 Å². The minimum Gasteiger partial charge on any atom is -0.384 e. The van der Waals surface area contributed by atoms with Crippen molar-refractivity contribution < 1.29 is 9.90 Å². The molecule has 0 radical (unpaired) electrons. The van der Waals surface area contributed by atoms with E-state index in [0.29, 0.717) is 10.4 Å². The molecule has 0 bridgehead atoms. The van der Waals surface area contributed by atoms with E-state index >= 15 is 0 Å². The number of carbonyl (C=O) groups is 1. The fraction of sp³-hybridized carbons (Fsp3) is 0.364. The highest BCUT2D eigenvalue weighted by Gasteiger charge is 2.12. The molecule has 0 aromatic carbocycles. The molecule has 2 N–H and O–H groups in total. The van der Waals surface area contributed by atoms with Crippen LogP contribution in [0.25, 0.3) is 0 Å². The zero-order valence-electron chi connectivity index (χ0n) is 8.70. The van der Waals surface area contributed by atoms with E-state index in [9.17, 15) is 4.79 Å². The molecule has 0 saturated carbocycles. The first-order valence-corrected chi connectivity index (χ1v) is 5.51. The van der Waals surface area contributed by atoms with Crippen molar-refractivity contribution in [1.29, 1.82) is 0 Å². The molecule has 0 unspecified atom stereocenters. The first-order valence-electron chi connectivity index (χ1n) is 4.63. The van der Waals surface area contributed by atoms with Crippen LogP contribution in [0.15, 0.2) is 11.4 Å². The summed E-state index contributed by atoms with van der Waals surface area (Å²) in [5, 5.41) is 13.2. The van der Waals surface area contributed by atoms with Crippen LogP contribution in [0, 0.1) is 11.8 Å². The van der Waals surface area contributed by atoms with Gasteiger partial charge in [0.2, 0.25) is 0 Å². The second kappa shape index (κ2) is 5.54. The van der Waals surface area contributed by atoms with Crippen LogP contribution in [0.3, 0.4) is 0 Å². The molecule has 0 aliphatic carbocycles. The Labute approximate surface area is 93.1 Å². The van der Waals surface area contributed by atoms with E-state index in [0.717, 1.165) is 0 Å². The SMILES string of the molecule is CC(C)NC(=O)c1sccc1C#CCO. The largest absolute Gasteiger partial charge is 0.384 e. The van der Waals surface area contributed by atoms with Gasteiger partial charge in [-0.1, -0.05) is 11.8 Å². The Morgan fingerprint density at radius 2 is 2.40 bits per heavy atom. The molecule has 1 aromatic rings. The van der Waals surface area contributed by atoms with E-state index in [1.54, 1.807) is 6.07 Å². The van der Waals surface area contributed by atoms with Crippen molar-refractivity contribution in [2.24, 2.45) is 0 Å². The Morgan fingerprint density at radius 3 is 3.00 bits per heavy atom. The molecule has 80 valence electrons. The van der Waals surface area contributed by atoms with Gasteiger partial charge in [0.05, 0.1) is 0 Å². The van der Waals surface area contributed by atoms with Crippen LogP contribution in [0.4, 0.5) is 0 Å². The second-order valence-corrected chi connectivity index (χ2v) is 4.17. The Kier molecular flexibility index (Phi) is 4.35. The average molecular weight is 223 g/mol. The number of thiophene rings is 1. The molecular weight excluding hydrogens is 210 g/mol. The first kappa shape index (κ1) is 11.8. The summed E-state index contributed by atoms with van der Waals surface area (Å²) in [6.07, 6.45) is 0. The van der Waals surface area contributed by atoms with E-state index in [1.807, 2.05) is 19.2 Å². The van der Waals surface area contributed by atoms with E-state index in [-0.39, 0.29) is 18.6 Å². The average Bonchev–Trinajstić information content (AvgIpc) is 2.61. The van der Waals surface area contributed by atoms with E-state index in [2.05, 4.69) is 17.2 Å². The van der Waals surface area contributed by atoms with Crippen LogP contribution in [0.1, 0.15) is 29.1 Å². The van der Waals surface area contributed by atoms with Crippen molar-refractivity contribution in [2.75, 3.05) is 6.61 Å². The molecule has 0 saturated heterocycles. The third kappa shape index (κ3) is 3.39. The third-order valence-corrected chi connectivity index (χ3v) is 2.51. The number of amides is 1. The van der Waals surface area contributed by atoms with Gasteiger partial charge < -0.3 is 10.4 Å². The molecule has 15 heavy (non-hydrogen) atoms. The standard InChI is InChI=1S/C11H13NO2S/c1-8(2)12-11(14)10-9(4-3-6-13)5-7-15-10/h5,7-8,13H,6H2,1-2H3,(H,12,14). The van der Waals surface area contributed by atoms with Crippen LogP contribution in [-0.4, -0.2) is 23.7 Å². The highest BCUT2D eigenvalue weighted by molar-refractivity contribution is 7.12. The molecule has 0 fully saturated rings. The van der Waals surface area contributed by atoms with Gasteiger partial charge in [-0.25, -0.2) is 0 Å². The summed E-state index contributed by atoms with van der Waals surface area (Å²) in [7, 11) is 0. The summed E-state index contributed by atoms with van der Waals surface area (Å²) in [5.41, 5.74) is 0.673. The predicted molar refractivity (Wildman–Crippen MR) is 60.9 cm³/mol. The highest BCUT2D eigenvalue weighted by Crippen LogP contribution is 2.15. The molecule has 0 aliphatic heterocycles. The second-order valence-electron chi connectivity index (χ2n) is 3.25. The maximum atomic E-state index is 11.7. The Balaban J connectivity index is 2.85. The maximum Gasteiger partial charge on any atom is 0.262 e. The topological polar surface area (TPSA) is 49.3 Å². The van der Waals surface area contributed by atoms with Gasteiger partial charge in [-0.2, -0.15) is 0 Å². The van der Waals surface area contributed by atoms with Crippen molar-refractivity contribution in [3.63, 3.8) is 0 Å². The monoisotopic (exact) mass is 223 g/mol. The molecule has 0 atom stereocenters. The number of rotatable bonds is 2. The fourth-order valence-electron chi connectivity index (χ4n) is 1.05. The Hall–Kier alpha value is -1.31. The first-order chi connectivity index (χ1) is 7.15. The smallest absolute Gasteiger partial charge is 0.262 e. The summed E-state index contributed by atoms with van der Waals surface area (Å²) in [6, 6.07) is 1.89. The lowest BCUT2D eigenvalue weighted by Crippen LogP contribution is -2.29. The van der Waals surface area contributed by atoms with Gasteiger partial charge in [-0.3, -0.25) is 4.79 Å². The fourth-order valence-corrected chi connectivity index (χ4v) is 1.80. The molecular formula is C11H13NO2S. The summed E-state index contributed by atoms with van der Waals surface area (Å²) >= 11 is 1.35. The molecule has 1 rings (SSSR count). The quantitative estimate of drug-likeness (QED) is 0.741. The van der Waals surface area contributed by atoms with Crippen molar-refractivity contribution >= 4 is 17.2 Å². The highest BCUT2D eigenvalue weighted by atomic mass is 32.1. The van der Waals surface area contributed by atoms with Gasteiger partial charge in [-0.15, -0.1) is 11.3 Å². The van der Waals surface area contributed by atoms with Gasteiger partial charge in [0.15, 0.2) is 0 Å². The number of hydrogen-bond donors (Lipinski definition) is 2. The number of hydrogen-bond acceptors (Lipinski definition) is 3. The number of aliphatic hydroxyl groups excluding tert-OH is 1. The van der Waals surface area contributed by atoms with E-state index in [1.165, 1.54) is 11.3 Å². The van der Waals surface area contributed by atoms with Crippen LogP contribution in [0.5, 0.6) is 0 Å². The molecule has 1 aromatic heterocycles. The van der Waals surface area contributed by atoms with Gasteiger partial charge in [-0.05, 0) is 25.3 Å². The van der Waals surface area contributed by atoms with Crippen molar-refractivity contribution in [3.8, 4) is 11.8 Å².